The van der Waals surface area contributed by atoms with E-state index in [0.717, 1.165) is 22.7 Å². The molecule has 0 radical (unpaired) electrons. The summed E-state index contributed by atoms with van der Waals surface area (Å²) in [4.78, 5) is 12.9. The van der Waals surface area contributed by atoms with Crippen molar-refractivity contribution >= 4 is 22.6 Å². The highest BCUT2D eigenvalue weighted by Gasteiger charge is 2.17. The zero-order chi connectivity index (χ0) is 23.5. The maximum Gasteiger partial charge on any atom is 0.256 e. The van der Waals surface area contributed by atoms with Gasteiger partial charge < -0.3 is 10.3 Å². The predicted octanol–water partition coefficient (Wildman–Crippen LogP) is 5.58. The highest BCUT2D eigenvalue weighted by atomic mass is 19.3. The quantitative estimate of drug-likeness (QED) is 0.434. The molecule has 2 N–H and O–H groups in total. The zero-order valence-corrected chi connectivity index (χ0v) is 19.4. The number of nitrogens with two attached hydrogens (primary N) is 1. The second-order valence-corrected chi connectivity index (χ2v) is 8.73. The lowest BCUT2D eigenvalue weighted by atomic mass is 9.88. The molecule has 1 fully saturated rings. The minimum absolute atomic E-state index is 0.173. The van der Waals surface area contributed by atoms with Gasteiger partial charge in [-0.05, 0) is 38.0 Å². The summed E-state index contributed by atoms with van der Waals surface area (Å²) >= 11 is 0. The van der Waals surface area contributed by atoms with Gasteiger partial charge in [0.25, 0.3) is 6.43 Å². The van der Waals surface area contributed by atoms with Crippen molar-refractivity contribution in [2.75, 3.05) is 5.73 Å². The highest BCUT2D eigenvalue weighted by Crippen LogP contribution is 2.28. The second kappa shape index (κ2) is 9.80. The van der Waals surface area contributed by atoms with Crippen LogP contribution in [-0.4, -0.2) is 35.6 Å². The summed E-state index contributed by atoms with van der Waals surface area (Å²) in [5.74, 6) is 1.77. The molecule has 33 heavy (non-hydrogen) atoms. The Balaban J connectivity index is 0.000000275. The standard InChI is InChI=1S/C16H15F2N7.C8H16/c1-8-5-10(13-6-20-16(19)23-25(8)13)11-3-4-12-15(22-11)24(7-14(17)18)9(2)21-12;1-2-8-6-4-3-5-7-8/h3-6,14H,7H2,1-2H3,(H2,19,23);8H,2-7H2,1H3. The summed E-state index contributed by atoms with van der Waals surface area (Å²) in [6.07, 6.45) is 8.08. The molecular formula is C24H31F2N7. The van der Waals surface area contributed by atoms with Crippen molar-refractivity contribution in [2.45, 2.75) is 72.3 Å². The monoisotopic (exact) mass is 455 g/mol. The molecule has 1 saturated carbocycles. The minimum Gasteiger partial charge on any atom is -0.367 e. The molecule has 4 heterocycles. The Hall–Kier alpha value is -3.10. The smallest absolute Gasteiger partial charge is 0.256 e. The van der Waals surface area contributed by atoms with E-state index in [4.69, 9.17) is 5.73 Å². The van der Waals surface area contributed by atoms with Crippen LogP contribution in [0.2, 0.25) is 0 Å². The number of imidazole rings is 1. The van der Waals surface area contributed by atoms with Crippen LogP contribution in [0.25, 0.3) is 27.9 Å². The third kappa shape index (κ3) is 4.96. The first kappa shape index (κ1) is 23.1. The number of alkyl halides is 2. The van der Waals surface area contributed by atoms with E-state index in [9.17, 15) is 8.78 Å². The first-order chi connectivity index (χ1) is 15.9. The predicted molar refractivity (Wildman–Crippen MR) is 126 cm³/mol. The zero-order valence-electron chi connectivity index (χ0n) is 19.4. The first-order valence-electron chi connectivity index (χ1n) is 11.6. The topological polar surface area (TPSA) is 86.9 Å². The van der Waals surface area contributed by atoms with Crippen LogP contribution in [0.3, 0.4) is 0 Å². The molecule has 1 aliphatic carbocycles. The van der Waals surface area contributed by atoms with E-state index < -0.39 is 13.0 Å². The number of aromatic nitrogens is 6. The van der Waals surface area contributed by atoms with Gasteiger partial charge in [-0.15, -0.1) is 5.10 Å². The molecule has 1 aliphatic rings. The molecule has 4 aromatic rings. The lowest BCUT2D eigenvalue weighted by Crippen LogP contribution is -2.08. The number of fused-ring (bicyclic) bond motifs is 2. The highest BCUT2D eigenvalue weighted by molar-refractivity contribution is 5.83. The van der Waals surface area contributed by atoms with Gasteiger partial charge >= 0.3 is 0 Å². The molecule has 0 saturated heterocycles. The van der Waals surface area contributed by atoms with E-state index in [1.165, 1.54) is 43.1 Å². The number of aryl methyl sites for hydroxylation is 2. The van der Waals surface area contributed by atoms with Gasteiger partial charge in [-0.25, -0.2) is 28.2 Å². The van der Waals surface area contributed by atoms with E-state index >= 15 is 0 Å². The van der Waals surface area contributed by atoms with Crippen molar-refractivity contribution < 1.29 is 8.78 Å². The first-order valence-corrected chi connectivity index (χ1v) is 11.6. The Morgan fingerprint density at radius 3 is 2.55 bits per heavy atom. The number of pyridine rings is 1. The van der Waals surface area contributed by atoms with Crippen molar-refractivity contribution in [3.63, 3.8) is 0 Å². The minimum atomic E-state index is -2.48. The van der Waals surface area contributed by atoms with E-state index in [-0.39, 0.29) is 5.95 Å². The van der Waals surface area contributed by atoms with Gasteiger partial charge in [0.05, 0.1) is 24.0 Å². The van der Waals surface area contributed by atoms with Gasteiger partial charge in [-0.1, -0.05) is 45.4 Å². The fourth-order valence-corrected chi connectivity index (χ4v) is 4.58. The number of hydrogen-bond acceptors (Lipinski definition) is 5. The van der Waals surface area contributed by atoms with Crippen molar-refractivity contribution in [2.24, 2.45) is 5.92 Å². The Kier molecular flexibility index (Phi) is 6.85. The molecule has 0 unspecified atom stereocenters. The summed E-state index contributed by atoms with van der Waals surface area (Å²) in [6.45, 7) is 5.47. The molecular weight excluding hydrogens is 424 g/mol. The van der Waals surface area contributed by atoms with E-state index in [1.54, 1.807) is 23.7 Å². The molecule has 0 aliphatic heterocycles. The van der Waals surface area contributed by atoms with Crippen molar-refractivity contribution in [1.29, 1.82) is 0 Å². The van der Waals surface area contributed by atoms with Gasteiger partial charge in [0, 0.05) is 11.3 Å². The van der Waals surface area contributed by atoms with Crippen LogP contribution in [0, 0.1) is 19.8 Å². The average molecular weight is 456 g/mol. The molecule has 0 amide bonds. The van der Waals surface area contributed by atoms with E-state index in [2.05, 4.69) is 27.0 Å². The number of rotatable bonds is 4. The Morgan fingerprint density at radius 2 is 1.88 bits per heavy atom. The van der Waals surface area contributed by atoms with Gasteiger partial charge in [-0.2, -0.15) is 0 Å². The van der Waals surface area contributed by atoms with Crippen LogP contribution in [0.1, 0.15) is 57.0 Å². The van der Waals surface area contributed by atoms with Gasteiger partial charge in [0.15, 0.2) is 5.65 Å². The fraction of sp³-hybridized carbons (Fsp3) is 0.500. The molecule has 0 aromatic carbocycles. The lowest BCUT2D eigenvalue weighted by molar-refractivity contribution is 0.127. The van der Waals surface area contributed by atoms with Crippen LogP contribution in [0.15, 0.2) is 24.4 Å². The van der Waals surface area contributed by atoms with Crippen LogP contribution < -0.4 is 5.73 Å². The number of nitrogen functional groups attached to an aromatic ring is 1. The number of nitrogens with zero attached hydrogens (tertiary/aromatic N) is 6. The molecule has 0 atom stereocenters. The molecule has 5 rings (SSSR count). The molecule has 4 aromatic heterocycles. The third-order valence-corrected chi connectivity index (χ3v) is 6.39. The summed E-state index contributed by atoms with van der Waals surface area (Å²) in [7, 11) is 0. The Labute approximate surface area is 192 Å². The fourth-order valence-electron chi connectivity index (χ4n) is 4.58. The van der Waals surface area contributed by atoms with Gasteiger partial charge in [-0.3, -0.25) is 0 Å². The number of anilines is 1. The summed E-state index contributed by atoms with van der Waals surface area (Å²) in [5.41, 5.74) is 9.73. The maximum atomic E-state index is 12.9. The van der Waals surface area contributed by atoms with Crippen LogP contribution in [0.4, 0.5) is 14.7 Å². The molecule has 7 nitrogen and oxygen atoms in total. The average Bonchev–Trinajstić information content (AvgIpc) is 3.30. The molecule has 9 heteroatoms. The van der Waals surface area contributed by atoms with Crippen molar-refractivity contribution in [3.8, 4) is 11.3 Å². The Morgan fingerprint density at radius 1 is 1.12 bits per heavy atom. The van der Waals surface area contributed by atoms with Crippen molar-refractivity contribution in [1.82, 2.24) is 29.1 Å². The van der Waals surface area contributed by atoms with Crippen LogP contribution >= 0.6 is 0 Å². The SMILES string of the molecule is CCC1CCCCC1.Cc1nc2ccc(-c3cc(C)n4nc(N)ncc34)nc2n1CC(F)F. The second-order valence-electron chi connectivity index (χ2n) is 8.73. The normalized spacial score (nSPS) is 14.7. The largest absolute Gasteiger partial charge is 0.367 e. The molecule has 0 spiro atoms. The van der Waals surface area contributed by atoms with Gasteiger partial charge in [0.1, 0.15) is 11.3 Å². The molecule has 176 valence electrons. The lowest BCUT2D eigenvalue weighted by Gasteiger charge is -2.18. The van der Waals surface area contributed by atoms with Crippen molar-refractivity contribution in [3.05, 3.63) is 35.9 Å². The van der Waals surface area contributed by atoms with Crippen LogP contribution in [0.5, 0.6) is 0 Å². The number of halogens is 2. The summed E-state index contributed by atoms with van der Waals surface area (Å²) < 4.78 is 28.9. The molecule has 0 bridgehead atoms. The van der Waals surface area contributed by atoms with Crippen LogP contribution in [-0.2, 0) is 6.54 Å². The number of hydrogen-bond donors (Lipinski definition) is 1. The van der Waals surface area contributed by atoms with E-state index in [0.29, 0.717) is 22.7 Å². The third-order valence-electron chi connectivity index (χ3n) is 6.39. The Bertz CT molecular complexity index is 1240. The summed E-state index contributed by atoms with van der Waals surface area (Å²) in [6, 6.07) is 5.51. The van der Waals surface area contributed by atoms with E-state index in [1.807, 2.05) is 19.1 Å². The maximum absolute atomic E-state index is 12.9. The van der Waals surface area contributed by atoms with Gasteiger partial charge in [0.2, 0.25) is 5.95 Å². The summed E-state index contributed by atoms with van der Waals surface area (Å²) in [5, 5.41) is 4.18.